The zero-order valence-electron chi connectivity index (χ0n) is 10.6. The zero-order chi connectivity index (χ0) is 14.7. The highest BCUT2D eigenvalue weighted by Gasteiger charge is 2.42. The topological polar surface area (TPSA) is 137 Å². The van der Waals surface area contributed by atoms with Crippen molar-refractivity contribution in [1.29, 1.82) is 0 Å². The smallest absolute Gasteiger partial charge is 0.265 e. The van der Waals surface area contributed by atoms with E-state index in [0.717, 1.165) is 0 Å². The van der Waals surface area contributed by atoms with Crippen molar-refractivity contribution in [1.82, 2.24) is 10.9 Å². The van der Waals surface area contributed by atoms with Gasteiger partial charge in [0.2, 0.25) is 0 Å². The summed E-state index contributed by atoms with van der Waals surface area (Å²) < 4.78 is 5.14. The molecule has 1 aromatic carbocycles. The highest BCUT2D eigenvalue weighted by Crippen LogP contribution is 2.18. The van der Waals surface area contributed by atoms with Gasteiger partial charge in [0, 0.05) is 11.3 Å². The summed E-state index contributed by atoms with van der Waals surface area (Å²) in [5, 5.41) is 28.1. The second-order valence-corrected chi connectivity index (χ2v) is 4.48. The molecule has 0 radical (unpaired) electrons. The molecule has 8 nitrogen and oxygen atoms in total. The van der Waals surface area contributed by atoms with E-state index in [-0.39, 0.29) is 0 Å². The van der Waals surface area contributed by atoms with Crippen LogP contribution in [0, 0.1) is 0 Å². The maximum atomic E-state index is 11.8. The van der Waals surface area contributed by atoms with Gasteiger partial charge in [0.25, 0.3) is 5.91 Å². The van der Waals surface area contributed by atoms with Gasteiger partial charge in [0.1, 0.15) is 18.3 Å². The lowest BCUT2D eigenvalue weighted by atomic mass is 10.1. The van der Waals surface area contributed by atoms with Crippen LogP contribution in [0.3, 0.4) is 0 Å². The monoisotopic (exact) mass is 283 g/mol. The van der Waals surface area contributed by atoms with Gasteiger partial charge in [0.15, 0.2) is 6.23 Å². The standard InChI is InChI=1S/C12H17N3O5/c13-7-3-1-6(2-4-7)11(19)14-15-12-10(18)9(17)8(5-16)20-12/h1-4,8-10,12,15-18H,5,13H2,(H,14,19)/t8-,9+,10+,12+/m0/s1. The van der Waals surface area contributed by atoms with E-state index in [1.54, 1.807) is 24.3 Å². The van der Waals surface area contributed by atoms with Crippen molar-refractivity contribution in [3.8, 4) is 0 Å². The van der Waals surface area contributed by atoms with Crippen LogP contribution in [0.25, 0.3) is 0 Å². The molecule has 1 aliphatic heterocycles. The van der Waals surface area contributed by atoms with Crippen molar-refractivity contribution < 1.29 is 24.9 Å². The molecule has 1 heterocycles. The molecule has 20 heavy (non-hydrogen) atoms. The molecular formula is C12H17N3O5. The summed E-state index contributed by atoms with van der Waals surface area (Å²) in [6.07, 6.45) is -4.36. The Labute approximate surface area is 115 Å². The van der Waals surface area contributed by atoms with E-state index in [1.165, 1.54) is 0 Å². The molecule has 0 aliphatic carbocycles. The quantitative estimate of drug-likeness (QED) is 0.276. The average molecular weight is 283 g/mol. The predicted molar refractivity (Wildman–Crippen MR) is 69.2 cm³/mol. The fraction of sp³-hybridized carbons (Fsp3) is 0.417. The highest BCUT2D eigenvalue weighted by atomic mass is 16.6. The third kappa shape index (κ3) is 3.06. The number of aliphatic hydroxyl groups is 3. The number of carbonyl (C=O) groups excluding carboxylic acids is 1. The number of benzene rings is 1. The number of rotatable bonds is 4. The van der Waals surface area contributed by atoms with E-state index in [4.69, 9.17) is 15.6 Å². The number of nitrogens with one attached hydrogen (secondary N) is 2. The van der Waals surface area contributed by atoms with Crippen LogP contribution in [0.4, 0.5) is 5.69 Å². The van der Waals surface area contributed by atoms with Gasteiger partial charge in [-0.2, -0.15) is 0 Å². The first kappa shape index (κ1) is 14.7. The number of nitrogen functional groups attached to an aromatic ring is 1. The highest BCUT2D eigenvalue weighted by molar-refractivity contribution is 5.94. The molecule has 0 unspecified atom stereocenters. The van der Waals surface area contributed by atoms with E-state index in [2.05, 4.69) is 10.9 Å². The average Bonchev–Trinajstić information content (AvgIpc) is 2.73. The Morgan fingerprint density at radius 2 is 1.90 bits per heavy atom. The number of amides is 1. The lowest BCUT2D eigenvalue weighted by molar-refractivity contribution is -0.0375. The van der Waals surface area contributed by atoms with Gasteiger partial charge >= 0.3 is 0 Å². The third-order valence-corrected chi connectivity index (χ3v) is 3.04. The van der Waals surface area contributed by atoms with E-state index in [0.29, 0.717) is 11.3 Å². The molecule has 110 valence electrons. The van der Waals surface area contributed by atoms with Crippen molar-refractivity contribution in [3.05, 3.63) is 29.8 Å². The maximum Gasteiger partial charge on any atom is 0.265 e. The SMILES string of the molecule is Nc1ccc(C(=O)NN[C@@H]2O[C@@H](CO)[C@@H](O)[C@H]2O)cc1. The second-order valence-electron chi connectivity index (χ2n) is 4.48. The first-order chi connectivity index (χ1) is 9.52. The van der Waals surface area contributed by atoms with Crippen LogP contribution in [0.5, 0.6) is 0 Å². The number of hydrogen-bond acceptors (Lipinski definition) is 7. The zero-order valence-corrected chi connectivity index (χ0v) is 10.6. The lowest BCUT2D eigenvalue weighted by Crippen LogP contribution is -2.49. The van der Waals surface area contributed by atoms with Gasteiger partial charge < -0.3 is 25.8 Å². The van der Waals surface area contributed by atoms with Crippen molar-refractivity contribution in [2.24, 2.45) is 0 Å². The Balaban J connectivity index is 1.89. The van der Waals surface area contributed by atoms with Gasteiger partial charge in [-0.05, 0) is 24.3 Å². The fourth-order valence-electron chi connectivity index (χ4n) is 1.86. The number of hydrogen-bond donors (Lipinski definition) is 6. The minimum atomic E-state index is -1.25. The van der Waals surface area contributed by atoms with Crippen molar-refractivity contribution in [2.45, 2.75) is 24.5 Å². The largest absolute Gasteiger partial charge is 0.399 e. The minimum Gasteiger partial charge on any atom is -0.399 e. The molecule has 0 aromatic heterocycles. The molecule has 0 spiro atoms. The maximum absolute atomic E-state index is 11.8. The minimum absolute atomic E-state index is 0.374. The van der Waals surface area contributed by atoms with Crippen LogP contribution in [-0.2, 0) is 4.74 Å². The number of hydrazine groups is 1. The molecule has 2 rings (SSSR count). The van der Waals surface area contributed by atoms with Crippen LogP contribution in [0.15, 0.2) is 24.3 Å². The second kappa shape index (κ2) is 6.16. The Hall–Kier alpha value is -1.71. The fourth-order valence-corrected chi connectivity index (χ4v) is 1.86. The van der Waals surface area contributed by atoms with E-state index in [9.17, 15) is 15.0 Å². The van der Waals surface area contributed by atoms with Gasteiger partial charge in [-0.3, -0.25) is 10.2 Å². The van der Waals surface area contributed by atoms with Crippen molar-refractivity contribution in [3.63, 3.8) is 0 Å². The molecule has 7 N–H and O–H groups in total. The predicted octanol–water partition coefficient (Wildman–Crippen LogP) is -2.06. The third-order valence-electron chi connectivity index (χ3n) is 3.04. The molecule has 4 atom stereocenters. The van der Waals surface area contributed by atoms with Crippen LogP contribution in [0.1, 0.15) is 10.4 Å². The van der Waals surface area contributed by atoms with Crippen molar-refractivity contribution >= 4 is 11.6 Å². The Kier molecular flexibility index (Phi) is 4.53. The summed E-state index contributed by atoms with van der Waals surface area (Å²) in [6, 6.07) is 6.26. The van der Waals surface area contributed by atoms with Crippen LogP contribution in [-0.4, -0.2) is 52.4 Å². The summed E-state index contributed by atoms with van der Waals surface area (Å²) in [5.74, 6) is -0.442. The molecule has 8 heteroatoms. The van der Waals surface area contributed by atoms with E-state index in [1.807, 2.05) is 0 Å². The Morgan fingerprint density at radius 1 is 1.25 bits per heavy atom. The molecular weight excluding hydrogens is 266 g/mol. The molecule has 1 fully saturated rings. The number of ether oxygens (including phenoxy) is 1. The van der Waals surface area contributed by atoms with Crippen LogP contribution in [0.2, 0.25) is 0 Å². The first-order valence-corrected chi connectivity index (χ1v) is 6.07. The summed E-state index contributed by atoms with van der Waals surface area (Å²) in [4.78, 5) is 11.8. The Morgan fingerprint density at radius 3 is 2.45 bits per heavy atom. The number of aliphatic hydroxyl groups excluding tert-OH is 3. The molecule has 0 bridgehead atoms. The number of anilines is 1. The van der Waals surface area contributed by atoms with Gasteiger partial charge in [-0.25, -0.2) is 5.43 Å². The summed E-state index contributed by atoms with van der Waals surface area (Å²) in [7, 11) is 0. The Bertz CT molecular complexity index is 467. The lowest BCUT2D eigenvalue weighted by Gasteiger charge is -2.17. The van der Waals surface area contributed by atoms with Crippen molar-refractivity contribution in [2.75, 3.05) is 12.3 Å². The van der Waals surface area contributed by atoms with Crippen LogP contribution < -0.4 is 16.6 Å². The number of carbonyl (C=O) groups is 1. The molecule has 1 amide bonds. The molecule has 1 aromatic rings. The van der Waals surface area contributed by atoms with Crippen LogP contribution >= 0.6 is 0 Å². The summed E-state index contributed by atoms with van der Waals surface area (Å²) >= 11 is 0. The molecule has 0 saturated carbocycles. The van der Waals surface area contributed by atoms with Gasteiger partial charge in [-0.1, -0.05) is 0 Å². The van der Waals surface area contributed by atoms with E-state index < -0.39 is 37.1 Å². The van der Waals surface area contributed by atoms with E-state index >= 15 is 0 Å². The summed E-state index contributed by atoms with van der Waals surface area (Å²) in [6.45, 7) is -0.428. The van der Waals surface area contributed by atoms with Gasteiger partial charge in [0.05, 0.1) is 6.61 Å². The summed E-state index contributed by atoms with van der Waals surface area (Å²) in [5.41, 5.74) is 11.2. The first-order valence-electron chi connectivity index (χ1n) is 6.07. The van der Waals surface area contributed by atoms with Gasteiger partial charge in [-0.15, -0.1) is 0 Å². The molecule has 1 aliphatic rings. The normalized spacial score (nSPS) is 29.4. The molecule has 1 saturated heterocycles. The number of nitrogens with two attached hydrogens (primary N) is 1.